The molecule has 0 spiro atoms. The van der Waals surface area contributed by atoms with Gasteiger partial charge in [0.05, 0.1) is 6.61 Å². The molecule has 24 heavy (non-hydrogen) atoms. The van der Waals surface area contributed by atoms with Gasteiger partial charge in [0.15, 0.2) is 0 Å². The van der Waals surface area contributed by atoms with Gasteiger partial charge in [-0.2, -0.15) is 0 Å². The zero-order valence-electron chi connectivity index (χ0n) is 14.4. The first-order valence-corrected chi connectivity index (χ1v) is 9.23. The highest BCUT2D eigenvalue weighted by Gasteiger charge is 2.26. The summed E-state index contributed by atoms with van der Waals surface area (Å²) in [4.78, 5) is 20.0. The van der Waals surface area contributed by atoms with Gasteiger partial charge in [-0.25, -0.2) is 0 Å². The highest BCUT2D eigenvalue weighted by atomic mass is 16.6. The van der Waals surface area contributed by atoms with Crippen LogP contribution in [0.3, 0.4) is 0 Å². The van der Waals surface area contributed by atoms with E-state index in [4.69, 9.17) is 4.84 Å². The fourth-order valence-corrected chi connectivity index (χ4v) is 3.69. The number of allylic oxidation sites excluding steroid dienone is 1. The lowest BCUT2D eigenvalue weighted by molar-refractivity contribution is -0.129. The molecular formula is C20H28N2O2. The number of hydrogen-bond donors (Lipinski definition) is 1. The zero-order valence-corrected chi connectivity index (χ0v) is 14.4. The minimum atomic E-state index is 0.288. The second-order valence-electron chi connectivity index (χ2n) is 6.88. The minimum absolute atomic E-state index is 0.288. The van der Waals surface area contributed by atoms with Crippen LogP contribution in [-0.4, -0.2) is 17.4 Å². The van der Waals surface area contributed by atoms with Crippen LogP contribution in [-0.2, 0) is 16.2 Å². The quantitative estimate of drug-likeness (QED) is 0.630. The minimum Gasteiger partial charge on any atom is -0.315 e. The number of carbonyl (C=O) groups is 1. The Labute approximate surface area is 144 Å². The normalized spacial score (nSPS) is 20.5. The highest BCUT2D eigenvalue weighted by Crippen LogP contribution is 2.29. The maximum Gasteiger partial charge on any atom is 0.227 e. The summed E-state index contributed by atoms with van der Waals surface area (Å²) in [5.41, 5.74) is 5.09. The van der Waals surface area contributed by atoms with Gasteiger partial charge in [-0.05, 0) is 37.2 Å². The lowest BCUT2D eigenvalue weighted by Crippen LogP contribution is -2.29. The molecule has 130 valence electrons. The third-order valence-electron chi connectivity index (χ3n) is 5.04. The number of carbonyl (C=O) groups excluding carboxylic acids is 1. The second-order valence-corrected chi connectivity index (χ2v) is 6.88. The summed E-state index contributed by atoms with van der Waals surface area (Å²) in [5.74, 6) is 0.880. The first-order valence-electron chi connectivity index (χ1n) is 9.23. The van der Waals surface area contributed by atoms with Crippen LogP contribution in [0.2, 0.25) is 0 Å². The van der Waals surface area contributed by atoms with Crippen LogP contribution in [0, 0.1) is 5.92 Å². The van der Waals surface area contributed by atoms with E-state index in [0.717, 1.165) is 30.6 Å². The largest absolute Gasteiger partial charge is 0.315 e. The molecule has 2 fully saturated rings. The van der Waals surface area contributed by atoms with Crippen molar-refractivity contribution in [1.82, 2.24) is 10.4 Å². The Hall–Kier alpha value is -1.81. The third kappa shape index (κ3) is 4.84. The van der Waals surface area contributed by atoms with E-state index >= 15 is 0 Å². The summed E-state index contributed by atoms with van der Waals surface area (Å²) < 4.78 is 0. The first kappa shape index (κ1) is 17.0. The van der Waals surface area contributed by atoms with Crippen molar-refractivity contribution in [3.05, 3.63) is 47.8 Å². The summed E-state index contributed by atoms with van der Waals surface area (Å²) in [6.45, 7) is 1.36. The molecule has 1 aliphatic carbocycles. The Morgan fingerprint density at radius 1 is 1.17 bits per heavy atom. The monoisotopic (exact) mass is 328 g/mol. The number of benzene rings is 1. The molecule has 0 unspecified atom stereocenters. The molecule has 1 amide bonds. The Morgan fingerprint density at radius 3 is 2.75 bits per heavy atom. The summed E-state index contributed by atoms with van der Waals surface area (Å²) in [5, 5.41) is 0. The second kappa shape index (κ2) is 8.88. The smallest absolute Gasteiger partial charge is 0.227 e. The van der Waals surface area contributed by atoms with E-state index in [2.05, 4.69) is 5.48 Å². The molecule has 4 heteroatoms. The average molecular weight is 328 g/mol. The van der Waals surface area contributed by atoms with E-state index in [1.165, 1.54) is 32.1 Å². The number of rotatable bonds is 6. The van der Waals surface area contributed by atoms with E-state index < -0.39 is 0 Å². The molecule has 1 saturated heterocycles. The van der Waals surface area contributed by atoms with Crippen molar-refractivity contribution < 1.29 is 9.63 Å². The summed E-state index contributed by atoms with van der Waals surface area (Å²) in [6.07, 6.45) is 10.9. The van der Waals surface area contributed by atoms with Crippen LogP contribution in [0.5, 0.6) is 0 Å². The molecular weight excluding hydrogens is 300 g/mol. The van der Waals surface area contributed by atoms with Crippen LogP contribution in [0.1, 0.15) is 56.9 Å². The molecule has 1 aromatic carbocycles. The van der Waals surface area contributed by atoms with E-state index in [-0.39, 0.29) is 5.91 Å². The van der Waals surface area contributed by atoms with Gasteiger partial charge in [0.2, 0.25) is 5.91 Å². The van der Waals surface area contributed by atoms with Gasteiger partial charge < -0.3 is 4.90 Å². The van der Waals surface area contributed by atoms with Crippen molar-refractivity contribution in [1.29, 1.82) is 0 Å². The van der Waals surface area contributed by atoms with Crippen LogP contribution >= 0.6 is 0 Å². The Morgan fingerprint density at radius 2 is 1.96 bits per heavy atom. The van der Waals surface area contributed by atoms with E-state index in [1.54, 1.807) is 0 Å². The van der Waals surface area contributed by atoms with E-state index in [0.29, 0.717) is 18.9 Å². The molecule has 1 saturated carbocycles. The topological polar surface area (TPSA) is 41.6 Å². The van der Waals surface area contributed by atoms with Crippen molar-refractivity contribution in [2.75, 3.05) is 6.54 Å². The van der Waals surface area contributed by atoms with Crippen LogP contribution < -0.4 is 5.48 Å². The van der Waals surface area contributed by atoms with Crippen LogP contribution in [0.4, 0.5) is 0 Å². The summed E-state index contributed by atoms with van der Waals surface area (Å²) in [6, 6.07) is 10.1. The van der Waals surface area contributed by atoms with Gasteiger partial charge in [0.25, 0.3) is 0 Å². The van der Waals surface area contributed by atoms with Crippen LogP contribution in [0.15, 0.2) is 42.2 Å². The standard InChI is InChI=1S/C20H28N2O2/c23-20(14-17-8-3-1-4-9-17)22-13-7-12-19(22)15-21-24-16-18-10-5-2-6-11-18/h2,5-6,10-11,15,17,21H,1,3-4,7-9,12-14,16H2/b19-15+. The molecule has 0 atom stereocenters. The number of nitrogens with one attached hydrogen (secondary N) is 1. The van der Waals surface area contributed by atoms with Crippen molar-refractivity contribution in [3.8, 4) is 0 Å². The van der Waals surface area contributed by atoms with Gasteiger partial charge in [-0.15, -0.1) is 0 Å². The first-order chi connectivity index (χ1) is 11.8. The Bertz CT molecular complexity index is 550. The van der Waals surface area contributed by atoms with Crippen molar-refractivity contribution in [2.45, 2.75) is 58.0 Å². The van der Waals surface area contributed by atoms with Crippen molar-refractivity contribution in [2.24, 2.45) is 5.92 Å². The molecule has 0 aromatic heterocycles. The zero-order chi connectivity index (χ0) is 16.6. The number of nitrogens with zero attached hydrogens (tertiary/aromatic N) is 1. The highest BCUT2D eigenvalue weighted by molar-refractivity contribution is 5.78. The SMILES string of the molecule is O=C(CC1CCCCC1)N1CCC/C1=C\NOCc1ccccc1. The molecule has 1 heterocycles. The number of amides is 1. The molecule has 0 radical (unpaired) electrons. The van der Waals surface area contributed by atoms with Gasteiger partial charge in [-0.3, -0.25) is 15.1 Å². The maximum atomic E-state index is 12.6. The number of hydroxylamine groups is 1. The van der Waals surface area contributed by atoms with E-state index in [9.17, 15) is 4.79 Å². The molecule has 3 rings (SSSR count). The predicted octanol–water partition coefficient (Wildman–Crippen LogP) is 4.14. The van der Waals surface area contributed by atoms with Gasteiger partial charge >= 0.3 is 0 Å². The third-order valence-corrected chi connectivity index (χ3v) is 5.04. The molecule has 4 nitrogen and oxygen atoms in total. The molecule has 1 aliphatic heterocycles. The van der Waals surface area contributed by atoms with Crippen molar-refractivity contribution >= 4 is 5.91 Å². The predicted molar refractivity (Wildman–Crippen MR) is 94.6 cm³/mol. The van der Waals surface area contributed by atoms with Crippen molar-refractivity contribution in [3.63, 3.8) is 0 Å². The molecule has 0 bridgehead atoms. The summed E-state index contributed by atoms with van der Waals surface area (Å²) in [7, 11) is 0. The molecule has 1 N–H and O–H groups in total. The maximum absolute atomic E-state index is 12.6. The lowest BCUT2D eigenvalue weighted by atomic mass is 9.86. The fourth-order valence-electron chi connectivity index (χ4n) is 3.69. The summed E-state index contributed by atoms with van der Waals surface area (Å²) >= 11 is 0. The number of likely N-dealkylation sites (tertiary alicyclic amines) is 1. The molecule has 1 aromatic rings. The van der Waals surface area contributed by atoms with Gasteiger partial charge in [-0.1, -0.05) is 49.6 Å². The number of hydrogen-bond acceptors (Lipinski definition) is 3. The molecule has 2 aliphatic rings. The van der Waals surface area contributed by atoms with Gasteiger partial charge in [0.1, 0.15) is 0 Å². The van der Waals surface area contributed by atoms with E-state index in [1.807, 2.05) is 41.4 Å². The lowest BCUT2D eigenvalue weighted by Gasteiger charge is -2.24. The average Bonchev–Trinajstić information content (AvgIpc) is 3.09. The van der Waals surface area contributed by atoms with Crippen LogP contribution in [0.25, 0.3) is 0 Å². The Balaban J connectivity index is 1.46. The fraction of sp³-hybridized carbons (Fsp3) is 0.550. The Kier molecular flexibility index (Phi) is 6.30. The van der Waals surface area contributed by atoms with Gasteiger partial charge in [0, 0.05) is 24.9 Å².